The van der Waals surface area contributed by atoms with Gasteiger partial charge in [-0.05, 0) is 47.7 Å². The minimum absolute atomic E-state index is 0.166. The van der Waals surface area contributed by atoms with Crippen molar-refractivity contribution < 1.29 is 17.9 Å². The monoisotopic (exact) mass is 557 g/mol. The number of fused-ring (bicyclic) bond motifs is 3. The van der Waals surface area contributed by atoms with Gasteiger partial charge in [0, 0.05) is 17.9 Å². The highest BCUT2D eigenvalue weighted by Gasteiger charge is 2.27. The highest BCUT2D eigenvalue weighted by molar-refractivity contribution is 14.1. The molecule has 7 nitrogen and oxygen atoms in total. The van der Waals surface area contributed by atoms with Gasteiger partial charge in [0.1, 0.15) is 11.8 Å². The Morgan fingerprint density at radius 3 is 2.57 bits per heavy atom. The summed E-state index contributed by atoms with van der Waals surface area (Å²) in [6.45, 7) is 2.67. The van der Waals surface area contributed by atoms with Gasteiger partial charge in [-0.2, -0.15) is 0 Å². The van der Waals surface area contributed by atoms with E-state index in [4.69, 9.17) is 21.1 Å². The van der Waals surface area contributed by atoms with Crippen LogP contribution in [0.15, 0.2) is 47.6 Å². The van der Waals surface area contributed by atoms with Crippen molar-refractivity contribution >= 4 is 66.2 Å². The van der Waals surface area contributed by atoms with Gasteiger partial charge in [0.05, 0.1) is 33.0 Å². The fourth-order valence-corrected chi connectivity index (χ4v) is 5.59. The molecule has 156 valence electrons. The summed E-state index contributed by atoms with van der Waals surface area (Å²) in [5.41, 5.74) is 1.66. The molecular weight excluding hydrogens is 541 g/mol. The molecule has 4 aromatic rings. The number of rotatable bonds is 6. The number of ether oxygens (including phenoxy) is 2. The molecule has 0 atom stereocenters. The molecule has 0 aliphatic heterocycles. The number of nitrogens with zero attached hydrogens (tertiary/aromatic N) is 3. The lowest BCUT2D eigenvalue weighted by molar-refractivity contribution is 0.146. The molecule has 4 rings (SSSR count). The molecule has 0 aliphatic rings. The van der Waals surface area contributed by atoms with E-state index in [2.05, 4.69) is 32.6 Å². The quantitative estimate of drug-likeness (QED) is 0.198. The van der Waals surface area contributed by atoms with Gasteiger partial charge >= 0.3 is 0 Å². The largest absolute Gasteiger partial charge is 0.488 e. The maximum absolute atomic E-state index is 13.5. The van der Waals surface area contributed by atoms with Crippen LogP contribution in [0, 0.1) is 10.5 Å². The molecule has 0 bridgehead atoms. The second kappa shape index (κ2) is 8.29. The van der Waals surface area contributed by atoms with Gasteiger partial charge in [0.2, 0.25) is 0 Å². The van der Waals surface area contributed by atoms with Crippen molar-refractivity contribution in [3.8, 4) is 5.75 Å². The van der Waals surface area contributed by atoms with Crippen LogP contribution >= 0.6 is 34.2 Å². The molecule has 0 amide bonds. The lowest BCUT2D eigenvalue weighted by Gasteiger charge is -2.10. The van der Waals surface area contributed by atoms with E-state index in [0.717, 1.165) is 9.13 Å². The minimum atomic E-state index is -3.92. The lowest BCUT2D eigenvalue weighted by Crippen LogP contribution is -2.13. The van der Waals surface area contributed by atoms with Gasteiger partial charge < -0.3 is 9.47 Å². The van der Waals surface area contributed by atoms with E-state index >= 15 is 0 Å². The van der Waals surface area contributed by atoms with Crippen molar-refractivity contribution in [3.05, 3.63) is 57.0 Å². The van der Waals surface area contributed by atoms with Crippen LogP contribution in [0.25, 0.3) is 21.9 Å². The van der Waals surface area contributed by atoms with Crippen molar-refractivity contribution in [1.82, 2.24) is 13.9 Å². The van der Waals surface area contributed by atoms with E-state index in [9.17, 15) is 8.42 Å². The van der Waals surface area contributed by atoms with E-state index in [-0.39, 0.29) is 15.7 Å². The molecule has 0 radical (unpaired) electrons. The molecule has 0 aliphatic carbocycles. The van der Waals surface area contributed by atoms with E-state index in [0.29, 0.717) is 35.3 Å². The fourth-order valence-electron chi connectivity index (χ4n) is 3.15. The molecule has 0 unspecified atom stereocenters. The third-order valence-electron chi connectivity index (χ3n) is 4.60. The minimum Gasteiger partial charge on any atom is -0.488 e. The first kappa shape index (κ1) is 21.3. The summed E-state index contributed by atoms with van der Waals surface area (Å²) >= 11 is 8.26. The van der Waals surface area contributed by atoms with Crippen LogP contribution in [0.3, 0.4) is 0 Å². The molecule has 3 heterocycles. The van der Waals surface area contributed by atoms with Crippen molar-refractivity contribution in [1.29, 1.82) is 0 Å². The van der Waals surface area contributed by atoms with Crippen LogP contribution in [0.4, 0.5) is 0 Å². The third kappa shape index (κ3) is 3.64. The molecule has 10 heteroatoms. The first-order chi connectivity index (χ1) is 14.3. The van der Waals surface area contributed by atoms with Crippen LogP contribution in [0.1, 0.15) is 5.56 Å². The zero-order chi connectivity index (χ0) is 21.5. The van der Waals surface area contributed by atoms with E-state index in [1.165, 1.54) is 16.4 Å². The van der Waals surface area contributed by atoms with Gasteiger partial charge in [-0.15, -0.1) is 0 Å². The Bertz CT molecular complexity index is 1350. The van der Waals surface area contributed by atoms with Crippen molar-refractivity contribution in [2.24, 2.45) is 0 Å². The second-order valence-corrected chi connectivity index (χ2v) is 9.84. The first-order valence-electron chi connectivity index (χ1n) is 8.92. The molecule has 0 fully saturated rings. The number of hydrogen-bond donors (Lipinski definition) is 0. The zero-order valence-electron chi connectivity index (χ0n) is 16.1. The van der Waals surface area contributed by atoms with Crippen LogP contribution in [0.5, 0.6) is 5.75 Å². The highest BCUT2D eigenvalue weighted by Crippen LogP contribution is 2.38. The van der Waals surface area contributed by atoms with Gasteiger partial charge in [-0.25, -0.2) is 22.4 Å². The lowest BCUT2D eigenvalue weighted by atomic mass is 10.2. The average molecular weight is 558 g/mol. The Hall–Kier alpha value is -1.95. The predicted molar refractivity (Wildman–Crippen MR) is 124 cm³/mol. The van der Waals surface area contributed by atoms with Crippen LogP contribution in [-0.4, -0.2) is 42.7 Å². The van der Waals surface area contributed by atoms with E-state index in [1.54, 1.807) is 37.4 Å². The maximum atomic E-state index is 13.5. The molecule has 0 N–H and O–H groups in total. The van der Waals surface area contributed by atoms with Crippen LogP contribution in [0.2, 0.25) is 5.15 Å². The number of hydrogen-bond acceptors (Lipinski definition) is 6. The molecule has 30 heavy (non-hydrogen) atoms. The number of benzene rings is 1. The van der Waals surface area contributed by atoms with Crippen LogP contribution in [-0.2, 0) is 14.8 Å². The zero-order valence-corrected chi connectivity index (χ0v) is 19.8. The van der Waals surface area contributed by atoms with Crippen molar-refractivity contribution in [3.63, 3.8) is 0 Å². The normalized spacial score (nSPS) is 12.0. The Morgan fingerprint density at radius 1 is 1.13 bits per heavy atom. The Balaban J connectivity index is 2.02. The molecular formula is C20H17ClIN3O4S. The Morgan fingerprint density at radius 2 is 1.87 bits per heavy atom. The highest BCUT2D eigenvalue weighted by atomic mass is 127. The Kier molecular flexibility index (Phi) is 5.88. The molecule has 1 aromatic carbocycles. The fraction of sp³-hybridized carbons (Fsp3) is 0.200. The topological polar surface area (TPSA) is 83.3 Å². The molecule has 0 saturated heterocycles. The number of aromatic nitrogens is 3. The summed E-state index contributed by atoms with van der Waals surface area (Å²) in [4.78, 5) is 8.70. The maximum Gasteiger partial charge on any atom is 0.269 e. The number of aryl methyl sites for hydroxylation is 1. The first-order valence-corrected chi connectivity index (χ1v) is 11.8. The number of pyridine rings is 2. The smallest absolute Gasteiger partial charge is 0.269 e. The number of halogens is 2. The van der Waals surface area contributed by atoms with Crippen molar-refractivity contribution in [2.45, 2.75) is 11.8 Å². The standard InChI is InChI=1S/C20H17ClIN3O4S/c1-12-3-5-13(6-4-12)30(26,27)25-15-10-23-17(21)9-14(15)18-19(22)16(11-24-20(18)25)29-8-7-28-2/h3-6,9-11H,7-8H2,1-2H3. The van der Waals surface area contributed by atoms with Crippen LogP contribution < -0.4 is 4.74 Å². The third-order valence-corrected chi connectivity index (χ3v) is 7.59. The molecule has 0 spiro atoms. The second-order valence-electron chi connectivity index (χ2n) is 6.58. The Labute approximate surface area is 192 Å². The summed E-state index contributed by atoms with van der Waals surface area (Å²) in [6.07, 6.45) is 2.97. The summed E-state index contributed by atoms with van der Waals surface area (Å²) in [6, 6.07) is 8.32. The summed E-state index contributed by atoms with van der Waals surface area (Å²) in [7, 11) is -2.33. The molecule has 3 aromatic heterocycles. The van der Waals surface area contributed by atoms with Gasteiger partial charge in [-0.1, -0.05) is 29.3 Å². The van der Waals surface area contributed by atoms with E-state index < -0.39 is 10.0 Å². The average Bonchev–Trinajstić information content (AvgIpc) is 3.05. The van der Waals surface area contributed by atoms with Gasteiger partial charge in [0.15, 0.2) is 11.4 Å². The van der Waals surface area contributed by atoms with E-state index in [1.807, 2.05) is 6.92 Å². The summed E-state index contributed by atoms with van der Waals surface area (Å²) < 4.78 is 39.8. The number of methoxy groups -OCH3 is 1. The summed E-state index contributed by atoms with van der Waals surface area (Å²) in [5.74, 6) is 0.542. The summed E-state index contributed by atoms with van der Waals surface area (Å²) in [5, 5.41) is 1.53. The van der Waals surface area contributed by atoms with Crippen molar-refractivity contribution in [2.75, 3.05) is 20.3 Å². The van der Waals surface area contributed by atoms with Gasteiger partial charge in [0.25, 0.3) is 10.0 Å². The predicted octanol–water partition coefficient (Wildman–Crippen LogP) is 4.41. The van der Waals surface area contributed by atoms with Gasteiger partial charge in [-0.3, -0.25) is 0 Å². The SMILES string of the molecule is COCCOc1cnc2c(c1I)c1cc(Cl)ncc1n2S(=O)(=O)c1ccc(C)cc1. The molecule has 0 saturated carbocycles.